The van der Waals surface area contributed by atoms with E-state index in [1.807, 2.05) is 66.7 Å². The second kappa shape index (κ2) is 10.9. The van der Waals surface area contributed by atoms with Crippen molar-refractivity contribution in [2.45, 2.75) is 12.0 Å². The van der Waals surface area contributed by atoms with Gasteiger partial charge in [-0.1, -0.05) is 53.9 Å². The zero-order chi connectivity index (χ0) is 25.2. The van der Waals surface area contributed by atoms with E-state index < -0.39 is 12.0 Å². The molecule has 0 saturated carbocycles. The third kappa shape index (κ3) is 5.19. The molecule has 184 valence electrons. The third-order valence-corrected chi connectivity index (χ3v) is 7.67. The minimum atomic E-state index is -0.978. The number of hydrogen-bond donors (Lipinski definition) is 2. The molecule has 0 radical (unpaired) electrons. The SMILES string of the molecule is OC[C@@H](c1cc(Br)ccc1N(c1ccc(Br)cc1)c1ccc(Br)cc1)[C@@H](O)c1ccc2c(c1)OCO2. The molecule has 5 rings (SSSR count). The molecule has 0 aliphatic carbocycles. The number of anilines is 3. The van der Waals surface area contributed by atoms with Crippen molar-refractivity contribution in [1.29, 1.82) is 0 Å². The van der Waals surface area contributed by atoms with Gasteiger partial charge in [0.25, 0.3) is 0 Å². The number of hydrogen-bond acceptors (Lipinski definition) is 5. The molecule has 1 heterocycles. The Bertz CT molecular complexity index is 1320. The summed E-state index contributed by atoms with van der Waals surface area (Å²) in [6.45, 7) is -0.100. The zero-order valence-electron chi connectivity index (χ0n) is 18.9. The summed E-state index contributed by atoms with van der Waals surface area (Å²) in [5.74, 6) is 0.627. The summed E-state index contributed by atoms with van der Waals surface area (Å²) in [6, 6.07) is 27.4. The lowest BCUT2D eigenvalue weighted by atomic mass is 9.88. The fraction of sp³-hybridized carbons (Fsp3) is 0.143. The molecule has 1 aliphatic rings. The maximum atomic E-state index is 11.5. The van der Waals surface area contributed by atoms with Crippen molar-refractivity contribution >= 4 is 64.9 Å². The van der Waals surface area contributed by atoms with Crippen LogP contribution in [0.1, 0.15) is 23.1 Å². The summed E-state index contributed by atoms with van der Waals surface area (Å²) in [4.78, 5) is 2.12. The molecule has 0 spiro atoms. The molecule has 36 heavy (non-hydrogen) atoms. The van der Waals surface area contributed by atoms with Crippen LogP contribution in [0.4, 0.5) is 17.1 Å². The highest BCUT2D eigenvalue weighted by Gasteiger charge is 2.29. The number of rotatable bonds is 7. The summed E-state index contributed by atoms with van der Waals surface area (Å²) >= 11 is 10.6. The van der Waals surface area contributed by atoms with Gasteiger partial charge in [0, 0.05) is 36.4 Å². The van der Waals surface area contributed by atoms with Crippen LogP contribution in [0, 0.1) is 0 Å². The lowest BCUT2D eigenvalue weighted by Crippen LogP contribution is -2.19. The number of nitrogens with zero attached hydrogens (tertiary/aromatic N) is 1. The molecule has 0 bridgehead atoms. The number of benzene rings is 4. The number of halogens is 3. The predicted molar refractivity (Wildman–Crippen MR) is 152 cm³/mol. The second-order valence-electron chi connectivity index (χ2n) is 8.34. The van der Waals surface area contributed by atoms with Crippen molar-refractivity contribution in [1.82, 2.24) is 0 Å². The van der Waals surface area contributed by atoms with Crippen LogP contribution in [-0.2, 0) is 0 Å². The monoisotopic (exact) mass is 673 g/mol. The summed E-state index contributed by atoms with van der Waals surface area (Å²) < 4.78 is 13.7. The smallest absolute Gasteiger partial charge is 0.231 e. The van der Waals surface area contributed by atoms with Crippen LogP contribution in [0.5, 0.6) is 11.5 Å². The molecule has 4 aromatic rings. The van der Waals surface area contributed by atoms with E-state index in [1.165, 1.54) is 0 Å². The molecule has 0 saturated heterocycles. The van der Waals surface area contributed by atoms with Gasteiger partial charge < -0.3 is 24.6 Å². The van der Waals surface area contributed by atoms with Gasteiger partial charge in [0.15, 0.2) is 11.5 Å². The first-order valence-electron chi connectivity index (χ1n) is 11.2. The van der Waals surface area contributed by atoms with Crippen molar-refractivity contribution in [2.24, 2.45) is 0 Å². The molecule has 0 aromatic heterocycles. The van der Waals surface area contributed by atoms with Gasteiger partial charge in [0.2, 0.25) is 6.79 Å². The Morgan fingerprint density at radius 2 is 1.31 bits per heavy atom. The molecular formula is C28H22Br3NO4. The Kier molecular flexibility index (Phi) is 7.69. The van der Waals surface area contributed by atoms with E-state index >= 15 is 0 Å². The van der Waals surface area contributed by atoms with Gasteiger partial charge in [-0.2, -0.15) is 0 Å². The van der Waals surface area contributed by atoms with Crippen LogP contribution in [0.2, 0.25) is 0 Å². The fourth-order valence-electron chi connectivity index (χ4n) is 4.33. The van der Waals surface area contributed by atoms with Crippen molar-refractivity contribution in [3.63, 3.8) is 0 Å². The van der Waals surface area contributed by atoms with Gasteiger partial charge in [-0.3, -0.25) is 0 Å². The van der Waals surface area contributed by atoms with E-state index in [4.69, 9.17) is 9.47 Å². The fourth-order valence-corrected chi connectivity index (χ4v) is 5.24. The minimum absolute atomic E-state index is 0.156. The number of aliphatic hydroxyl groups excluding tert-OH is 2. The maximum absolute atomic E-state index is 11.5. The highest BCUT2D eigenvalue weighted by molar-refractivity contribution is 9.11. The zero-order valence-corrected chi connectivity index (χ0v) is 23.7. The lowest BCUT2D eigenvalue weighted by Gasteiger charge is -2.31. The summed E-state index contributed by atoms with van der Waals surface area (Å²) in [7, 11) is 0. The summed E-state index contributed by atoms with van der Waals surface area (Å²) in [5.41, 5.74) is 4.17. The van der Waals surface area contributed by atoms with Crippen LogP contribution in [0.25, 0.3) is 0 Å². The van der Waals surface area contributed by atoms with E-state index in [1.54, 1.807) is 18.2 Å². The Morgan fingerprint density at radius 1 is 0.722 bits per heavy atom. The molecule has 0 amide bonds. The van der Waals surface area contributed by atoms with Crippen LogP contribution >= 0.6 is 47.8 Å². The topological polar surface area (TPSA) is 62.2 Å². The van der Waals surface area contributed by atoms with Gasteiger partial charge in [-0.05, 0) is 90.0 Å². The number of aliphatic hydroxyl groups is 2. The Morgan fingerprint density at radius 3 is 1.92 bits per heavy atom. The van der Waals surface area contributed by atoms with Crippen LogP contribution in [-0.4, -0.2) is 23.6 Å². The molecule has 1 aliphatic heterocycles. The molecule has 0 unspecified atom stereocenters. The molecular weight excluding hydrogens is 654 g/mol. The van der Waals surface area contributed by atoms with Crippen LogP contribution in [0.3, 0.4) is 0 Å². The third-order valence-electron chi connectivity index (χ3n) is 6.12. The second-order valence-corrected chi connectivity index (χ2v) is 11.1. The van der Waals surface area contributed by atoms with Crippen LogP contribution < -0.4 is 14.4 Å². The van der Waals surface area contributed by atoms with Gasteiger partial charge in [0.1, 0.15) is 0 Å². The average molecular weight is 676 g/mol. The standard InChI is InChI=1S/C28H22Br3NO4/c29-18-2-7-21(8-3-18)32(22-9-4-19(30)5-10-22)25-11-6-20(31)14-23(25)24(15-33)28(34)17-1-12-26-27(13-17)36-16-35-26/h1-14,24,28,33-34H,15-16H2/t24-,28-/m0/s1. The lowest BCUT2D eigenvalue weighted by molar-refractivity contribution is 0.107. The Balaban J connectivity index is 1.63. The first kappa shape index (κ1) is 25.3. The highest BCUT2D eigenvalue weighted by atomic mass is 79.9. The van der Waals surface area contributed by atoms with Gasteiger partial charge in [-0.15, -0.1) is 0 Å². The van der Waals surface area contributed by atoms with Gasteiger partial charge in [-0.25, -0.2) is 0 Å². The Labute approximate surface area is 234 Å². The normalized spacial score (nSPS) is 13.9. The number of ether oxygens (including phenoxy) is 2. The first-order valence-corrected chi connectivity index (χ1v) is 13.6. The predicted octanol–water partition coefficient (Wildman–Crippen LogP) is 7.98. The molecule has 0 fully saturated rings. The summed E-state index contributed by atoms with van der Waals surface area (Å²) in [5, 5.41) is 22.0. The van der Waals surface area contributed by atoms with E-state index in [-0.39, 0.29) is 13.4 Å². The minimum Gasteiger partial charge on any atom is -0.454 e. The Hall–Kier alpha value is -2.36. The van der Waals surface area contributed by atoms with Crippen molar-refractivity contribution in [2.75, 3.05) is 18.3 Å². The molecule has 4 aromatic carbocycles. The van der Waals surface area contributed by atoms with E-state index in [0.29, 0.717) is 17.1 Å². The van der Waals surface area contributed by atoms with Gasteiger partial charge >= 0.3 is 0 Å². The summed E-state index contributed by atoms with van der Waals surface area (Å²) in [6.07, 6.45) is -0.978. The molecule has 2 N–H and O–H groups in total. The van der Waals surface area contributed by atoms with E-state index in [0.717, 1.165) is 36.0 Å². The van der Waals surface area contributed by atoms with Crippen molar-refractivity contribution in [3.05, 3.63) is 109 Å². The first-order chi connectivity index (χ1) is 17.4. The highest BCUT2D eigenvalue weighted by Crippen LogP contribution is 2.45. The molecule has 2 atom stereocenters. The maximum Gasteiger partial charge on any atom is 0.231 e. The van der Waals surface area contributed by atoms with Crippen molar-refractivity contribution in [3.8, 4) is 11.5 Å². The van der Waals surface area contributed by atoms with E-state index in [9.17, 15) is 10.2 Å². The molecule has 5 nitrogen and oxygen atoms in total. The number of fused-ring (bicyclic) bond motifs is 1. The van der Waals surface area contributed by atoms with E-state index in [2.05, 4.69) is 52.7 Å². The average Bonchev–Trinajstić information content (AvgIpc) is 3.36. The van der Waals surface area contributed by atoms with Gasteiger partial charge in [0.05, 0.1) is 12.7 Å². The largest absolute Gasteiger partial charge is 0.454 e. The quantitative estimate of drug-likeness (QED) is 0.208. The van der Waals surface area contributed by atoms with Crippen LogP contribution in [0.15, 0.2) is 98.3 Å². The molecule has 8 heteroatoms. The van der Waals surface area contributed by atoms with Crippen molar-refractivity contribution < 1.29 is 19.7 Å².